The first-order chi connectivity index (χ1) is 11.2. The molecule has 0 bridgehead atoms. The van der Waals surface area contributed by atoms with Gasteiger partial charge in [0.2, 0.25) is 0 Å². The van der Waals surface area contributed by atoms with Crippen LogP contribution in [0, 0.1) is 0 Å². The predicted octanol–water partition coefficient (Wildman–Crippen LogP) is 2.85. The van der Waals surface area contributed by atoms with E-state index in [4.69, 9.17) is 16.3 Å². The monoisotopic (exact) mass is 327 g/mol. The number of hydrogen-bond acceptors (Lipinski definition) is 4. The van der Waals surface area contributed by atoms with Gasteiger partial charge < -0.3 is 10.1 Å². The van der Waals surface area contributed by atoms with E-state index in [-0.39, 0.29) is 11.7 Å². The van der Waals surface area contributed by atoms with Gasteiger partial charge >= 0.3 is 5.69 Å². The molecule has 0 spiro atoms. The van der Waals surface area contributed by atoms with Crippen molar-refractivity contribution < 1.29 is 4.74 Å². The molecule has 1 saturated heterocycles. The lowest BCUT2D eigenvalue weighted by molar-refractivity contribution is 0.0210. The second kappa shape index (κ2) is 5.68. The highest BCUT2D eigenvalue weighted by Gasteiger charge is 2.21. The van der Waals surface area contributed by atoms with Gasteiger partial charge in [-0.25, -0.2) is 4.79 Å². The first-order valence-electron chi connectivity index (χ1n) is 7.34. The van der Waals surface area contributed by atoms with E-state index in [9.17, 15) is 4.79 Å². The van der Waals surface area contributed by atoms with E-state index in [0.717, 1.165) is 16.6 Å². The lowest BCUT2D eigenvalue weighted by Crippen LogP contribution is -2.41. The summed E-state index contributed by atoms with van der Waals surface area (Å²) in [7, 11) is 0. The minimum Gasteiger partial charge on any atom is -0.377 e. The molecule has 1 aliphatic rings. The average Bonchev–Trinajstić information content (AvgIpc) is 2.51. The van der Waals surface area contributed by atoms with Crippen LogP contribution in [-0.4, -0.2) is 28.8 Å². The van der Waals surface area contributed by atoms with Crippen LogP contribution in [0.25, 0.3) is 16.6 Å². The zero-order chi connectivity index (χ0) is 15.8. The van der Waals surface area contributed by atoms with Crippen molar-refractivity contribution in [3.05, 3.63) is 64.0 Å². The Hall–Kier alpha value is -2.37. The second-order valence-corrected chi connectivity index (χ2v) is 5.89. The Kier molecular flexibility index (Phi) is 3.52. The molecule has 0 amide bonds. The van der Waals surface area contributed by atoms with Gasteiger partial charge in [0.1, 0.15) is 5.82 Å². The molecular weight excluding hydrogens is 314 g/mol. The topological polar surface area (TPSA) is 56.1 Å². The lowest BCUT2D eigenvalue weighted by atomic mass is 10.2. The number of halogens is 1. The summed E-state index contributed by atoms with van der Waals surface area (Å²) in [4.78, 5) is 16.8. The molecule has 0 atom stereocenters. The summed E-state index contributed by atoms with van der Waals surface area (Å²) in [6.45, 7) is 1.25. The number of benzene rings is 2. The van der Waals surface area contributed by atoms with Gasteiger partial charge in [0, 0.05) is 10.4 Å². The van der Waals surface area contributed by atoms with Gasteiger partial charge in [-0.15, -0.1) is 0 Å². The molecule has 6 heteroatoms. The molecule has 1 fully saturated rings. The molecule has 4 rings (SSSR count). The highest BCUT2D eigenvalue weighted by Crippen LogP contribution is 2.26. The molecule has 1 N–H and O–H groups in total. The largest absolute Gasteiger partial charge is 0.377 e. The molecule has 0 radical (unpaired) electrons. The number of hydrogen-bond donors (Lipinski definition) is 1. The fourth-order valence-electron chi connectivity index (χ4n) is 2.65. The molecule has 2 heterocycles. The highest BCUT2D eigenvalue weighted by molar-refractivity contribution is 6.31. The maximum absolute atomic E-state index is 12.6. The number of ether oxygens (including phenoxy) is 1. The Morgan fingerprint density at radius 2 is 1.96 bits per heavy atom. The maximum atomic E-state index is 12.6. The number of anilines is 1. The van der Waals surface area contributed by atoms with Gasteiger partial charge in [-0.05, 0) is 30.3 Å². The van der Waals surface area contributed by atoms with Crippen molar-refractivity contribution >= 4 is 28.3 Å². The summed E-state index contributed by atoms with van der Waals surface area (Å²) in [5, 5.41) is 4.69. The summed E-state index contributed by atoms with van der Waals surface area (Å²) in [6, 6.07) is 15.1. The molecule has 0 aliphatic carbocycles. The van der Waals surface area contributed by atoms with Crippen molar-refractivity contribution in [2.45, 2.75) is 6.04 Å². The van der Waals surface area contributed by atoms with Crippen molar-refractivity contribution in [3.8, 4) is 5.69 Å². The van der Waals surface area contributed by atoms with Gasteiger partial charge in [0.25, 0.3) is 0 Å². The minimum absolute atomic E-state index is 0.188. The third kappa shape index (κ3) is 2.58. The summed E-state index contributed by atoms with van der Waals surface area (Å²) in [5.74, 6) is 0.571. The summed E-state index contributed by atoms with van der Waals surface area (Å²) < 4.78 is 6.74. The molecule has 0 unspecified atom stereocenters. The number of aromatic nitrogens is 2. The van der Waals surface area contributed by atoms with Crippen molar-refractivity contribution in [2.24, 2.45) is 0 Å². The van der Waals surface area contributed by atoms with Crippen LogP contribution in [-0.2, 0) is 4.74 Å². The van der Waals surface area contributed by atoms with E-state index in [1.807, 2.05) is 36.4 Å². The van der Waals surface area contributed by atoms with Crippen molar-refractivity contribution in [1.82, 2.24) is 9.55 Å². The van der Waals surface area contributed by atoms with Crippen LogP contribution in [0.2, 0.25) is 5.02 Å². The third-order valence-corrected chi connectivity index (χ3v) is 4.08. The Morgan fingerprint density at radius 1 is 1.17 bits per heavy atom. The Balaban J connectivity index is 1.96. The maximum Gasteiger partial charge on any atom is 0.354 e. The SMILES string of the molecule is O=c1nc(NC2COC2)c2ccc(Cl)cc2n1-c1ccccc1. The smallest absolute Gasteiger partial charge is 0.354 e. The van der Waals surface area contributed by atoms with Gasteiger partial charge in [0.15, 0.2) is 0 Å². The fourth-order valence-corrected chi connectivity index (χ4v) is 2.81. The lowest BCUT2D eigenvalue weighted by Gasteiger charge is -2.28. The molecule has 1 aliphatic heterocycles. The minimum atomic E-state index is -0.339. The molecule has 2 aromatic carbocycles. The standard InChI is InChI=1S/C17H14ClN3O2/c18-11-6-7-14-15(8-11)21(13-4-2-1-3-5-13)17(22)20-16(14)19-12-9-23-10-12/h1-8,12H,9-10H2,(H,19,20,22). The van der Waals surface area contributed by atoms with E-state index in [1.165, 1.54) is 0 Å². The first kappa shape index (κ1) is 14.2. The molecule has 23 heavy (non-hydrogen) atoms. The Bertz CT molecular complexity index is 920. The van der Waals surface area contributed by atoms with E-state index in [2.05, 4.69) is 10.3 Å². The summed E-state index contributed by atoms with van der Waals surface area (Å²) >= 11 is 6.15. The summed E-state index contributed by atoms with van der Waals surface area (Å²) in [6.07, 6.45) is 0. The van der Waals surface area contributed by atoms with E-state index < -0.39 is 0 Å². The number of fused-ring (bicyclic) bond motifs is 1. The van der Waals surface area contributed by atoms with Crippen LogP contribution in [0.15, 0.2) is 53.3 Å². The molecule has 5 nitrogen and oxygen atoms in total. The van der Waals surface area contributed by atoms with Crippen LogP contribution in [0.4, 0.5) is 5.82 Å². The van der Waals surface area contributed by atoms with Crippen LogP contribution in [0.5, 0.6) is 0 Å². The number of nitrogens with one attached hydrogen (secondary N) is 1. The predicted molar refractivity (Wildman–Crippen MR) is 90.6 cm³/mol. The fraction of sp³-hybridized carbons (Fsp3) is 0.176. The van der Waals surface area contributed by atoms with Crippen LogP contribution >= 0.6 is 11.6 Å². The summed E-state index contributed by atoms with van der Waals surface area (Å²) in [5.41, 5.74) is 1.15. The van der Waals surface area contributed by atoms with Gasteiger partial charge in [-0.1, -0.05) is 29.8 Å². The van der Waals surface area contributed by atoms with Gasteiger partial charge in [0.05, 0.1) is 30.5 Å². The van der Waals surface area contributed by atoms with Gasteiger partial charge in [-0.2, -0.15) is 4.98 Å². The average molecular weight is 328 g/mol. The van der Waals surface area contributed by atoms with E-state index >= 15 is 0 Å². The van der Waals surface area contributed by atoms with Crippen LogP contribution in [0.3, 0.4) is 0 Å². The Morgan fingerprint density at radius 3 is 2.65 bits per heavy atom. The molecule has 3 aromatic rings. The molecule has 116 valence electrons. The third-order valence-electron chi connectivity index (χ3n) is 3.85. The normalized spacial score (nSPS) is 14.7. The van der Waals surface area contributed by atoms with E-state index in [0.29, 0.717) is 24.1 Å². The van der Waals surface area contributed by atoms with Gasteiger partial charge in [-0.3, -0.25) is 4.57 Å². The molecule has 0 saturated carbocycles. The number of rotatable bonds is 3. The van der Waals surface area contributed by atoms with E-state index in [1.54, 1.807) is 16.7 Å². The zero-order valence-electron chi connectivity index (χ0n) is 12.2. The number of para-hydroxylation sites is 1. The van der Waals surface area contributed by atoms with Crippen molar-refractivity contribution in [2.75, 3.05) is 18.5 Å². The first-order valence-corrected chi connectivity index (χ1v) is 7.72. The van der Waals surface area contributed by atoms with Crippen molar-refractivity contribution in [1.29, 1.82) is 0 Å². The van der Waals surface area contributed by atoms with Crippen LogP contribution in [0.1, 0.15) is 0 Å². The molecule has 1 aromatic heterocycles. The second-order valence-electron chi connectivity index (χ2n) is 5.45. The number of nitrogens with zero attached hydrogens (tertiary/aromatic N) is 2. The zero-order valence-corrected chi connectivity index (χ0v) is 13.0. The van der Waals surface area contributed by atoms with Crippen LogP contribution < -0.4 is 11.0 Å². The quantitative estimate of drug-likeness (QED) is 0.803. The Labute approximate surface area is 137 Å². The molecular formula is C17H14ClN3O2. The van der Waals surface area contributed by atoms with Crippen molar-refractivity contribution in [3.63, 3.8) is 0 Å². The highest BCUT2D eigenvalue weighted by atomic mass is 35.5.